The van der Waals surface area contributed by atoms with Gasteiger partial charge in [-0.05, 0) is 25.3 Å². The minimum absolute atomic E-state index is 0.140. The Labute approximate surface area is 130 Å². The highest BCUT2D eigenvalue weighted by atomic mass is 19.4. The number of pyridine rings is 1. The van der Waals surface area contributed by atoms with E-state index in [2.05, 4.69) is 20.4 Å². The van der Waals surface area contributed by atoms with Crippen molar-refractivity contribution in [3.8, 4) is 5.88 Å². The normalized spacial score (nSPS) is 18.7. The predicted octanol–water partition coefficient (Wildman–Crippen LogP) is 1.42. The summed E-state index contributed by atoms with van der Waals surface area (Å²) in [6.07, 6.45) is -1.14. The molecular formula is C14H16F3N3O3. The molecule has 1 aromatic rings. The molecule has 0 radical (unpaired) electrons. The minimum atomic E-state index is -4.45. The van der Waals surface area contributed by atoms with Crippen molar-refractivity contribution in [2.24, 2.45) is 0 Å². The van der Waals surface area contributed by atoms with E-state index in [9.17, 15) is 22.8 Å². The van der Waals surface area contributed by atoms with Crippen LogP contribution in [0.15, 0.2) is 18.3 Å². The van der Waals surface area contributed by atoms with Crippen LogP contribution < -0.4 is 15.4 Å². The third-order valence-corrected chi connectivity index (χ3v) is 3.22. The van der Waals surface area contributed by atoms with Crippen molar-refractivity contribution in [3.63, 3.8) is 0 Å². The van der Waals surface area contributed by atoms with Crippen molar-refractivity contribution in [3.05, 3.63) is 23.9 Å². The summed E-state index contributed by atoms with van der Waals surface area (Å²) in [7, 11) is 0. The highest BCUT2D eigenvalue weighted by Gasteiger charge is 2.28. The molecule has 1 saturated heterocycles. The van der Waals surface area contributed by atoms with Gasteiger partial charge in [-0.2, -0.15) is 13.2 Å². The average Bonchev–Trinajstić information content (AvgIpc) is 2.70. The molecule has 2 heterocycles. The fraction of sp³-hybridized carbons (Fsp3) is 0.500. The Kier molecular flexibility index (Phi) is 5.41. The molecule has 9 heteroatoms. The molecule has 0 saturated carbocycles. The molecule has 126 valence electrons. The van der Waals surface area contributed by atoms with Gasteiger partial charge in [-0.1, -0.05) is 0 Å². The van der Waals surface area contributed by atoms with Gasteiger partial charge in [-0.15, -0.1) is 0 Å². The lowest BCUT2D eigenvalue weighted by Gasteiger charge is -2.15. The SMILES string of the molecule is O=C(N[C@H]1CCCCNC1=O)c1ccc(OCC(F)(F)F)nc1. The average molecular weight is 331 g/mol. The number of nitrogens with zero attached hydrogens (tertiary/aromatic N) is 1. The second-order valence-corrected chi connectivity index (χ2v) is 5.10. The number of hydrogen-bond acceptors (Lipinski definition) is 4. The zero-order valence-corrected chi connectivity index (χ0v) is 12.2. The van der Waals surface area contributed by atoms with Crippen LogP contribution in [-0.2, 0) is 4.79 Å². The van der Waals surface area contributed by atoms with Crippen molar-refractivity contribution < 1.29 is 27.5 Å². The minimum Gasteiger partial charge on any atom is -0.468 e. The van der Waals surface area contributed by atoms with E-state index >= 15 is 0 Å². The first-order chi connectivity index (χ1) is 10.8. The lowest BCUT2D eigenvalue weighted by molar-refractivity contribution is -0.154. The van der Waals surface area contributed by atoms with E-state index in [1.807, 2.05) is 0 Å². The lowest BCUT2D eigenvalue weighted by Crippen LogP contribution is -2.45. The van der Waals surface area contributed by atoms with Crippen LogP contribution in [0.5, 0.6) is 5.88 Å². The van der Waals surface area contributed by atoms with Gasteiger partial charge in [0.15, 0.2) is 6.61 Å². The molecule has 1 aliphatic heterocycles. The number of halogens is 3. The number of aromatic nitrogens is 1. The topological polar surface area (TPSA) is 80.3 Å². The summed E-state index contributed by atoms with van der Waals surface area (Å²) in [5, 5.41) is 5.28. The molecule has 0 bridgehead atoms. The van der Waals surface area contributed by atoms with Gasteiger partial charge >= 0.3 is 6.18 Å². The van der Waals surface area contributed by atoms with Crippen molar-refractivity contribution >= 4 is 11.8 Å². The maximum absolute atomic E-state index is 12.0. The van der Waals surface area contributed by atoms with Gasteiger partial charge < -0.3 is 15.4 Å². The molecule has 1 fully saturated rings. The van der Waals surface area contributed by atoms with E-state index in [0.717, 1.165) is 19.0 Å². The van der Waals surface area contributed by atoms with E-state index in [1.54, 1.807) is 0 Å². The Morgan fingerprint density at radius 3 is 2.83 bits per heavy atom. The number of hydrogen-bond donors (Lipinski definition) is 2. The summed E-state index contributed by atoms with van der Waals surface area (Å²) < 4.78 is 40.5. The van der Waals surface area contributed by atoms with Crippen molar-refractivity contribution in [1.29, 1.82) is 0 Å². The fourth-order valence-electron chi connectivity index (χ4n) is 2.07. The molecule has 2 amide bonds. The van der Waals surface area contributed by atoms with E-state index < -0.39 is 24.7 Å². The van der Waals surface area contributed by atoms with E-state index in [0.29, 0.717) is 13.0 Å². The molecule has 1 atom stereocenters. The molecule has 23 heavy (non-hydrogen) atoms. The summed E-state index contributed by atoms with van der Waals surface area (Å²) in [6.45, 7) is -0.869. The quantitative estimate of drug-likeness (QED) is 0.874. The van der Waals surface area contributed by atoms with Gasteiger partial charge in [0, 0.05) is 18.8 Å². The molecule has 0 spiro atoms. The summed E-state index contributed by atoms with van der Waals surface area (Å²) in [5.41, 5.74) is 0.140. The predicted molar refractivity (Wildman–Crippen MR) is 73.9 cm³/mol. The first-order valence-corrected chi connectivity index (χ1v) is 7.09. The number of nitrogens with one attached hydrogen (secondary N) is 2. The smallest absolute Gasteiger partial charge is 0.422 e. The van der Waals surface area contributed by atoms with E-state index in [-0.39, 0.29) is 17.4 Å². The molecular weight excluding hydrogens is 315 g/mol. The van der Waals surface area contributed by atoms with Crippen LogP contribution in [-0.4, -0.2) is 42.2 Å². The highest BCUT2D eigenvalue weighted by molar-refractivity contribution is 5.97. The lowest BCUT2D eigenvalue weighted by atomic mass is 10.1. The van der Waals surface area contributed by atoms with Gasteiger partial charge in [0.1, 0.15) is 6.04 Å². The second-order valence-electron chi connectivity index (χ2n) is 5.10. The molecule has 1 aromatic heterocycles. The first-order valence-electron chi connectivity index (χ1n) is 7.09. The van der Waals surface area contributed by atoms with Crippen LogP contribution in [0.2, 0.25) is 0 Å². The van der Waals surface area contributed by atoms with Gasteiger partial charge in [0.2, 0.25) is 11.8 Å². The Morgan fingerprint density at radius 2 is 2.17 bits per heavy atom. The maximum Gasteiger partial charge on any atom is 0.422 e. The summed E-state index contributed by atoms with van der Waals surface area (Å²) in [4.78, 5) is 27.4. The summed E-state index contributed by atoms with van der Waals surface area (Å²) >= 11 is 0. The summed E-state index contributed by atoms with van der Waals surface area (Å²) in [5.74, 6) is -0.984. The van der Waals surface area contributed by atoms with Gasteiger partial charge in [0.25, 0.3) is 5.91 Å². The highest BCUT2D eigenvalue weighted by Crippen LogP contribution is 2.17. The fourth-order valence-corrected chi connectivity index (χ4v) is 2.07. The third kappa shape index (κ3) is 5.42. The molecule has 0 aliphatic carbocycles. The standard InChI is InChI=1S/C14H16F3N3O3/c15-14(16,17)8-23-11-5-4-9(7-19-11)12(21)20-10-3-1-2-6-18-13(10)22/h4-5,7,10H,1-3,6,8H2,(H,18,22)(H,20,21)/t10-/m0/s1. The largest absolute Gasteiger partial charge is 0.468 e. The molecule has 0 aromatic carbocycles. The zero-order valence-electron chi connectivity index (χ0n) is 12.2. The van der Waals surface area contributed by atoms with Crippen molar-refractivity contribution in [2.75, 3.05) is 13.2 Å². The summed E-state index contributed by atoms with van der Waals surface area (Å²) in [6, 6.07) is 1.85. The van der Waals surface area contributed by atoms with Crippen molar-refractivity contribution in [1.82, 2.24) is 15.6 Å². The van der Waals surface area contributed by atoms with Gasteiger partial charge in [0.05, 0.1) is 5.56 Å². The monoisotopic (exact) mass is 331 g/mol. The Balaban J connectivity index is 1.93. The van der Waals surface area contributed by atoms with Gasteiger partial charge in [-0.3, -0.25) is 9.59 Å². The zero-order chi connectivity index (χ0) is 16.9. The Hall–Kier alpha value is -2.32. The van der Waals surface area contributed by atoms with E-state index in [1.165, 1.54) is 12.1 Å². The number of rotatable bonds is 4. The Bertz CT molecular complexity index is 561. The second kappa shape index (κ2) is 7.30. The van der Waals surface area contributed by atoms with E-state index in [4.69, 9.17) is 0 Å². The third-order valence-electron chi connectivity index (χ3n) is 3.22. The van der Waals surface area contributed by atoms with Crippen LogP contribution in [0.25, 0.3) is 0 Å². The first kappa shape index (κ1) is 17.0. The van der Waals surface area contributed by atoms with Crippen LogP contribution in [0, 0.1) is 0 Å². The molecule has 1 aliphatic rings. The molecule has 0 unspecified atom stereocenters. The van der Waals surface area contributed by atoms with Crippen molar-refractivity contribution in [2.45, 2.75) is 31.5 Å². The van der Waals surface area contributed by atoms with Crippen LogP contribution >= 0.6 is 0 Å². The molecule has 6 nitrogen and oxygen atoms in total. The molecule has 2 rings (SSSR count). The van der Waals surface area contributed by atoms with Crippen LogP contribution in [0.1, 0.15) is 29.6 Å². The number of alkyl halides is 3. The maximum atomic E-state index is 12.0. The number of amides is 2. The number of ether oxygens (including phenoxy) is 1. The van der Waals surface area contributed by atoms with Crippen LogP contribution in [0.4, 0.5) is 13.2 Å². The number of carbonyl (C=O) groups is 2. The van der Waals surface area contributed by atoms with Gasteiger partial charge in [-0.25, -0.2) is 4.98 Å². The Morgan fingerprint density at radius 1 is 1.39 bits per heavy atom. The van der Waals surface area contributed by atoms with Crippen LogP contribution in [0.3, 0.4) is 0 Å². The number of carbonyl (C=O) groups excluding carboxylic acids is 2. The molecule has 2 N–H and O–H groups in total.